The van der Waals surface area contributed by atoms with Crippen LogP contribution < -0.4 is 5.73 Å². The molecule has 0 aliphatic rings. The minimum Gasteiger partial charge on any atom is -0.399 e. The third kappa shape index (κ3) is 4.75. The Labute approximate surface area is 120 Å². The molecule has 2 N–H and O–H groups in total. The van der Waals surface area contributed by atoms with Crippen LogP contribution in [0.25, 0.3) is 0 Å². The second-order valence-corrected chi connectivity index (χ2v) is 5.15. The minimum atomic E-state index is 0.00639. The van der Waals surface area contributed by atoms with E-state index < -0.39 is 0 Å². The first-order valence-electron chi connectivity index (χ1n) is 6.94. The molecular weight excluding hydrogens is 260 g/mol. The van der Waals surface area contributed by atoms with Gasteiger partial charge in [0, 0.05) is 18.8 Å². The summed E-state index contributed by atoms with van der Waals surface area (Å²) in [5, 5.41) is 0.433. The zero-order valence-corrected chi connectivity index (χ0v) is 12.5. The van der Waals surface area contributed by atoms with Gasteiger partial charge in [0.1, 0.15) is 0 Å². The molecule has 19 heavy (non-hydrogen) atoms. The summed E-state index contributed by atoms with van der Waals surface area (Å²) < 4.78 is 0. The molecule has 0 radical (unpaired) electrons. The van der Waals surface area contributed by atoms with E-state index in [9.17, 15) is 4.79 Å². The summed E-state index contributed by atoms with van der Waals surface area (Å²) in [4.78, 5) is 14.4. The predicted octanol–water partition coefficient (Wildman–Crippen LogP) is 3.96. The van der Waals surface area contributed by atoms with Gasteiger partial charge < -0.3 is 10.6 Å². The van der Waals surface area contributed by atoms with Crippen molar-refractivity contribution in [2.75, 3.05) is 18.8 Å². The summed E-state index contributed by atoms with van der Waals surface area (Å²) in [6.45, 7) is 5.82. The van der Waals surface area contributed by atoms with Crippen LogP contribution in [-0.4, -0.2) is 23.9 Å². The maximum absolute atomic E-state index is 12.5. The molecule has 1 rings (SSSR count). The average molecular weight is 283 g/mol. The number of hydrogen-bond acceptors (Lipinski definition) is 2. The van der Waals surface area contributed by atoms with Crippen LogP contribution in [0.3, 0.4) is 0 Å². The van der Waals surface area contributed by atoms with Crippen molar-refractivity contribution in [3.05, 3.63) is 28.8 Å². The Bertz CT molecular complexity index is 413. The van der Waals surface area contributed by atoms with Crippen molar-refractivity contribution < 1.29 is 4.79 Å². The summed E-state index contributed by atoms with van der Waals surface area (Å²) in [7, 11) is 0. The summed E-state index contributed by atoms with van der Waals surface area (Å²) >= 11 is 6.11. The first-order valence-corrected chi connectivity index (χ1v) is 7.32. The predicted molar refractivity (Wildman–Crippen MR) is 81.6 cm³/mol. The van der Waals surface area contributed by atoms with E-state index in [1.807, 2.05) is 4.90 Å². The van der Waals surface area contributed by atoms with Gasteiger partial charge in [-0.05, 0) is 31.0 Å². The summed E-state index contributed by atoms with van der Waals surface area (Å²) in [6, 6.07) is 5.06. The molecule has 0 saturated carbocycles. The Morgan fingerprint density at radius 1 is 1.21 bits per heavy atom. The molecule has 0 fully saturated rings. The average Bonchev–Trinajstić information content (AvgIpc) is 2.38. The fourth-order valence-electron chi connectivity index (χ4n) is 1.89. The van der Waals surface area contributed by atoms with Gasteiger partial charge in [0.15, 0.2) is 0 Å². The van der Waals surface area contributed by atoms with Crippen LogP contribution in [0.15, 0.2) is 18.2 Å². The molecule has 1 aromatic carbocycles. The Kier molecular flexibility index (Phi) is 6.71. The van der Waals surface area contributed by atoms with Crippen LogP contribution in [0.2, 0.25) is 5.02 Å². The molecule has 0 aromatic heterocycles. The lowest BCUT2D eigenvalue weighted by molar-refractivity contribution is 0.0751. The SMILES string of the molecule is CCCCN(CCCC)C(=O)c1ccc(N)cc1Cl. The van der Waals surface area contributed by atoms with Crippen LogP contribution in [0.5, 0.6) is 0 Å². The van der Waals surface area contributed by atoms with E-state index >= 15 is 0 Å². The van der Waals surface area contributed by atoms with Gasteiger partial charge in [0.25, 0.3) is 5.91 Å². The number of carbonyl (C=O) groups excluding carboxylic acids is 1. The summed E-state index contributed by atoms with van der Waals surface area (Å²) in [6.07, 6.45) is 4.18. The topological polar surface area (TPSA) is 46.3 Å². The molecule has 3 nitrogen and oxygen atoms in total. The van der Waals surface area contributed by atoms with E-state index in [0.717, 1.165) is 38.8 Å². The maximum atomic E-state index is 12.5. The highest BCUT2D eigenvalue weighted by atomic mass is 35.5. The van der Waals surface area contributed by atoms with Crippen LogP contribution in [0.4, 0.5) is 5.69 Å². The highest BCUT2D eigenvalue weighted by Crippen LogP contribution is 2.21. The highest BCUT2D eigenvalue weighted by molar-refractivity contribution is 6.34. The molecule has 0 aliphatic carbocycles. The Morgan fingerprint density at radius 3 is 2.26 bits per heavy atom. The molecule has 0 saturated heterocycles. The van der Waals surface area contributed by atoms with E-state index in [4.69, 9.17) is 17.3 Å². The van der Waals surface area contributed by atoms with E-state index in [1.54, 1.807) is 18.2 Å². The first kappa shape index (κ1) is 15.8. The van der Waals surface area contributed by atoms with Crippen LogP contribution in [0.1, 0.15) is 49.9 Å². The summed E-state index contributed by atoms with van der Waals surface area (Å²) in [5.41, 5.74) is 6.78. The number of unbranched alkanes of at least 4 members (excludes halogenated alkanes) is 2. The lowest BCUT2D eigenvalue weighted by atomic mass is 10.1. The lowest BCUT2D eigenvalue weighted by Gasteiger charge is -2.23. The molecule has 0 heterocycles. The van der Waals surface area contributed by atoms with Crippen molar-refractivity contribution >= 4 is 23.2 Å². The number of anilines is 1. The number of hydrogen-bond donors (Lipinski definition) is 1. The van der Waals surface area contributed by atoms with Gasteiger partial charge in [0.05, 0.1) is 10.6 Å². The number of carbonyl (C=O) groups is 1. The quantitative estimate of drug-likeness (QED) is 0.769. The van der Waals surface area contributed by atoms with Crippen LogP contribution in [-0.2, 0) is 0 Å². The van der Waals surface area contributed by atoms with Crippen molar-refractivity contribution in [1.82, 2.24) is 4.90 Å². The maximum Gasteiger partial charge on any atom is 0.255 e. The summed E-state index contributed by atoms with van der Waals surface area (Å²) in [5.74, 6) is 0.00639. The number of nitrogens with two attached hydrogens (primary N) is 1. The van der Waals surface area contributed by atoms with Gasteiger partial charge in [-0.15, -0.1) is 0 Å². The van der Waals surface area contributed by atoms with Crippen LogP contribution >= 0.6 is 11.6 Å². The monoisotopic (exact) mass is 282 g/mol. The van der Waals surface area contributed by atoms with Crippen molar-refractivity contribution in [3.8, 4) is 0 Å². The van der Waals surface area contributed by atoms with Crippen LogP contribution in [0, 0.1) is 0 Å². The number of amides is 1. The number of nitrogen functional groups attached to an aromatic ring is 1. The number of rotatable bonds is 7. The normalized spacial score (nSPS) is 10.5. The molecule has 1 amide bonds. The minimum absolute atomic E-state index is 0.00639. The van der Waals surface area contributed by atoms with E-state index in [0.29, 0.717) is 16.3 Å². The second-order valence-electron chi connectivity index (χ2n) is 4.74. The van der Waals surface area contributed by atoms with Crippen molar-refractivity contribution in [3.63, 3.8) is 0 Å². The molecule has 1 aromatic rings. The Morgan fingerprint density at radius 2 is 1.79 bits per heavy atom. The second kappa shape index (κ2) is 8.05. The largest absolute Gasteiger partial charge is 0.399 e. The third-order valence-corrected chi connectivity index (χ3v) is 3.39. The van der Waals surface area contributed by atoms with Gasteiger partial charge >= 0.3 is 0 Å². The van der Waals surface area contributed by atoms with Crippen molar-refractivity contribution in [2.24, 2.45) is 0 Å². The zero-order chi connectivity index (χ0) is 14.3. The van der Waals surface area contributed by atoms with Gasteiger partial charge in [-0.3, -0.25) is 4.79 Å². The smallest absolute Gasteiger partial charge is 0.255 e. The number of halogens is 1. The van der Waals surface area contributed by atoms with E-state index in [2.05, 4.69) is 13.8 Å². The Hall–Kier alpha value is -1.22. The molecular formula is C15H23ClN2O. The van der Waals surface area contributed by atoms with Gasteiger partial charge in [-0.25, -0.2) is 0 Å². The van der Waals surface area contributed by atoms with Gasteiger partial charge in [-0.2, -0.15) is 0 Å². The third-order valence-electron chi connectivity index (χ3n) is 3.07. The molecule has 0 unspecified atom stereocenters. The highest BCUT2D eigenvalue weighted by Gasteiger charge is 2.17. The van der Waals surface area contributed by atoms with Gasteiger partial charge in [0.2, 0.25) is 0 Å². The molecule has 0 spiro atoms. The van der Waals surface area contributed by atoms with Crippen molar-refractivity contribution in [1.29, 1.82) is 0 Å². The first-order chi connectivity index (χ1) is 9.10. The molecule has 0 aliphatic heterocycles. The van der Waals surface area contributed by atoms with E-state index in [-0.39, 0.29) is 5.91 Å². The lowest BCUT2D eigenvalue weighted by Crippen LogP contribution is -2.33. The molecule has 4 heteroatoms. The standard InChI is InChI=1S/C15H23ClN2O/c1-3-5-9-18(10-6-4-2)15(19)13-8-7-12(17)11-14(13)16/h7-8,11H,3-6,9-10,17H2,1-2H3. The van der Waals surface area contributed by atoms with Crippen molar-refractivity contribution in [2.45, 2.75) is 39.5 Å². The fourth-order valence-corrected chi connectivity index (χ4v) is 2.16. The molecule has 0 bridgehead atoms. The molecule has 0 atom stereocenters. The zero-order valence-electron chi connectivity index (χ0n) is 11.8. The number of benzene rings is 1. The Balaban J connectivity index is 2.84. The molecule has 106 valence electrons. The van der Waals surface area contributed by atoms with Gasteiger partial charge in [-0.1, -0.05) is 38.3 Å². The number of nitrogens with zero attached hydrogens (tertiary/aromatic N) is 1. The fraction of sp³-hybridized carbons (Fsp3) is 0.533. The van der Waals surface area contributed by atoms with E-state index in [1.165, 1.54) is 0 Å².